The second kappa shape index (κ2) is 13.4. The number of hydrogen-bond donors (Lipinski definition) is 2. The first-order valence-corrected chi connectivity index (χ1v) is 11.1. The van der Waals surface area contributed by atoms with Crippen molar-refractivity contribution in [1.82, 2.24) is 14.9 Å². The van der Waals surface area contributed by atoms with Crippen LogP contribution in [-0.4, -0.2) is 81.3 Å². The van der Waals surface area contributed by atoms with Gasteiger partial charge in [-0.2, -0.15) is 26.3 Å². The molecule has 4 heterocycles. The van der Waals surface area contributed by atoms with Gasteiger partial charge >= 0.3 is 24.3 Å². The van der Waals surface area contributed by atoms with Gasteiger partial charge in [0.2, 0.25) is 5.88 Å². The Kier molecular flexibility index (Phi) is 10.8. The topological polar surface area (TPSA) is 122 Å². The second-order valence-corrected chi connectivity index (χ2v) is 8.32. The third-order valence-electron chi connectivity index (χ3n) is 5.55. The molecule has 1 unspecified atom stereocenters. The standard InChI is InChI=1S/C19H23N3O2.2C2HF3O2/c1-2-9-21-18(5-1)23-10-6-17-7-11-24-19(17)14-22(15-19)13-16-4-3-8-20-12-16;2*3-2(4,5)1(6)7/h1-5,8-9,12,17H,6-7,10-11,13-15H2;2*(H,6,7). The summed E-state index contributed by atoms with van der Waals surface area (Å²) in [6, 6.07) is 9.88. The zero-order valence-corrected chi connectivity index (χ0v) is 19.8. The molecule has 0 aliphatic carbocycles. The highest BCUT2D eigenvalue weighted by Gasteiger charge is 2.52. The van der Waals surface area contributed by atoms with Gasteiger partial charge in [0.15, 0.2) is 0 Å². The molecule has 1 atom stereocenters. The van der Waals surface area contributed by atoms with Crippen LogP contribution in [0.3, 0.4) is 0 Å². The zero-order valence-electron chi connectivity index (χ0n) is 19.8. The lowest BCUT2D eigenvalue weighted by Crippen LogP contribution is -2.64. The molecule has 0 bridgehead atoms. The van der Waals surface area contributed by atoms with Gasteiger partial charge in [-0.25, -0.2) is 14.6 Å². The van der Waals surface area contributed by atoms with Gasteiger partial charge in [-0.15, -0.1) is 0 Å². The molecule has 9 nitrogen and oxygen atoms in total. The fourth-order valence-electron chi connectivity index (χ4n) is 3.85. The van der Waals surface area contributed by atoms with E-state index in [2.05, 4.69) is 20.9 Å². The van der Waals surface area contributed by atoms with E-state index in [0.29, 0.717) is 18.4 Å². The maximum Gasteiger partial charge on any atom is 0.490 e. The van der Waals surface area contributed by atoms with Crippen LogP contribution in [0, 0.1) is 5.92 Å². The minimum absolute atomic E-state index is 0.0374. The van der Waals surface area contributed by atoms with Gasteiger partial charge in [0.1, 0.15) is 0 Å². The highest BCUT2D eigenvalue weighted by molar-refractivity contribution is 5.73. The van der Waals surface area contributed by atoms with Gasteiger partial charge in [0.05, 0.1) is 12.2 Å². The minimum atomic E-state index is -5.08. The Bertz CT molecular complexity index is 994. The molecule has 1 spiro atoms. The molecule has 38 heavy (non-hydrogen) atoms. The predicted molar refractivity (Wildman–Crippen MR) is 118 cm³/mol. The maximum absolute atomic E-state index is 10.6. The van der Waals surface area contributed by atoms with E-state index in [1.54, 1.807) is 6.20 Å². The van der Waals surface area contributed by atoms with Gasteiger partial charge in [0.25, 0.3) is 0 Å². The summed E-state index contributed by atoms with van der Waals surface area (Å²) in [5, 5.41) is 14.2. The fraction of sp³-hybridized carbons (Fsp3) is 0.478. The van der Waals surface area contributed by atoms with Gasteiger partial charge in [-0.05, 0) is 36.5 Å². The number of alkyl halides is 6. The highest BCUT2D eigenvalue weighted by Crippen LogP contribution is 2.42. The average Bonchev–Trinajstić information content (AvgIpc) is 3.23. The summed E-state index contributed by atoms with van der Waals surface area (Å²) in [4.78, 5) is 28.6. The molecule has 0 aromatic carbocycles. The predicted octanol–water partition coefficient (Wildman–Crippen LogP) is 3.80. The smallest absolute Gasteiger partial charge is 0.478 e. The number of carbonyl (C=O) groups is 2. The molecule has 0 radical (unpaired) electrons. The molecule has 2 fully saturated rings. The van der Waals surface area contributed by atoms with E-state index in [1.165, 1.54) is 5.56 Å². The number of hydrogen-bond acceptors (Lipinski definition) is 7. The molecular formula is C23H25F6N3O6. The van der Waals surface area contributed by atoms with Crippen LogP contribution in [-0.2, 0) is 20.9 Å². The van der Waals surface area contributed by atoms with E-state index in [9.17, 15) is 26.3 Å². The van der Waals surface area contributed by atoms with Crippen molar-refractivity contribution < 1.29 is 55.6 Å². The van der Waals surface area contributed by atoms with Gasteiger partial charge in [-0.3, -0.25) is 9.88 Å². The number of ether oxygens (including phenoxy) is 2. The molecular weight excluding hydrogens is 528 g/mol. The number of pyridine rings is 2. The molecule has 15 heteroatoms. The first-order chi connectivity index (χ1) is 17.7. The number of nitrogens with zero attached hydrogens (tertiary/aromatic N) is 3. The van der Waals surface area contributed by atoms with E-state index in [-0.39, 0.29) is 5.60 Å². The van der Waals surface area contributed by atoms with E-state index in [1.807, 2.05) is 36.7 Å². The van der Waals surface area contributed by atoms with Crippen molar-refractivity contribution in [2.45, 2.75) is 37.3 Å². The number of aliphatic carboxylic acids is 2. The highest BCUT2D eigenvalue weighted by atomic mass is 19.4. The van der Waals surface area contributed by atoms with E-state index < -0.39 is 24.3 Å². The Morgan fingerprint density at radius 2 is 1.66 bits per heavy atom. The van der Waals surface area contributed by atoms with Gasteiger partial charge in [0, 0.05) is 50.9 Å². The van der Waals surface area contributed by atoms with Gasteiger partial charge < -0.3 is 19.7 Å². The van der Waals surface area contributed by atoms with Gasteiger partial charge in [-0.1, -0.05) is 12.1 Å². The summed E-state index contributed by atoms with van der Waals surface area (Å²) in [5.41, 5.74) is 1.30. The van der Waals surface area contributed by atoms with Crippen molar-refractivity contribution in [3.05, 3.63) is 54.5 Å². The summed E-state index contributed by atoms with van der Waals surface area (Å²) in [6.07, 6.45) is -2.49. The number of rotatable bonds is 6. The quantitative estimate of drug-likeness (QED) is 0.515. The first-order valence-electron chi connectivity index (χ1n) is 11.1. The molecule has 0 amide bonds. The van der Waals surface area contributed by atoms with Crippen molar-refractivity contribution in [2.24, 2.45) is 5.92 Å². The summed E-state index contributed by atoms with van der Waals surface area (Å²) < 4.78 is 75.4. The van der Waals surface area contributed by atoms with Crippen LogP contribution in [0.4, 0.5) is 26.3 Å². The number of carboxylic acid groups (broad SMARTS) is 2. The molecule has 2 aromatic rings. The monoisotopic (exact) mass is 553 g/mol. The molecule has 4 rings (SSSR count). The molecule has 2 N–H and O–H groups in total. The molecule has 2 aliphatic heterocycles. The molecule has 2 aromatic heterocycles. The second-order valence-electron chi connectivity index (χ2n) is 8.32. The Balaban J connectivity index is 0.000000301. The van der Waals surface area contributed by atoms with Crippen LogP contribution in [0.25, 0.3) is 0 Å². The Labute approximate surface area is 213 Å². The molecule has 210 valence electrons. The number of halogens is 6. The molecule has 2 aliphatic rings. The third-order valence-corrected chi connectivity index (χ3v) is 5.55. The average molecular weight is 553 g/mol. The summed E-state index contributed by atoms with van der Waals surface area (Å²) >= 11 is 0. The number of carboxylic acids is 2. The third kappa shape index (κ3) is 9.78. The minimum Gasteiger partial charge on any atom is -0.478 e. The summed E-state index contributed by atoms with van der Waals surface area (Å²) in [6.45, 7) is 4.55. The lowest BCUT2D eigenvalue weighted by Gasteiger charge is -2.50. The number of likely N-dealkylation sites (tertiary alicyclic amines) is 1. The van der Waals surface area contributed by atoms with Crippen molar-refractivity contribution in [3.8, 4) is 5.88 Å². The van der Waals surface area contributed by atoms with E-state index in [4.69, 9.17) is 29.3 Å². The van der Waals surface area contributed by atoms with Crippen LogP contribution in [0.2, 0.25) is 0 Å². The zero-order chi connectivity index (χ0) is 28.4. The van der Waals surface area contributed by atoms with E-state index in [0.717, 1.165) is 39.1 Å². The van der Waals surface area contributed by atoms with Crippen LogP contribution in [0.15, 0.2) is 48.9 Å². The van der Waals surface area contributed by atoms with Crippen molar-refractivity contribution in [2.75, 3.05) is 26.3 Å². The van der Waals surface area contributed by atoms with Crippen LogP contribution in [0.5, 0.6) is 5.88 Å². The lowest BCUT2D eigenvalue weighted by atomic mass is 9.79. The lowest BCUT2D eigenvalue weighted by molar-refractivity contribution is -0.193. The van der Waals surface area contributed by atoms with Crippen LogP contribution in [0.1, 0.15) is 18.4 Å². The first kappa shape index (κ1) is 30.8. The SMILES string of the molecule is O=C(O)C(F)(F)F.O=C(O)C(F)(F)F.c1ccc(OCCC2CCOC23CN(Cc2cccnc2)C3)nc1. The summed E-state index contributed by atoms with van der Waals surface area (Å²) in [7, 11) is 0. The fourth-order valence-corrected chi connectivity index (χ4v) is 3.85. The van der Waals surface area contributed by atoms with Crippen LogP contribution < -0.4 is 4.74 Å². The van der Waals surface area contributed by atoms with Crippen LogP contribution >= 0.6 is 0 Å². The normalized spacial score (nSPS) is 18.3. The van der Waals surface area contributed by atoms with Crippen molar-refractivity contribution >= 4 is 11.9 Å². The van der Waals surface area contributed by atoms with E-state index >= 15 is 0 Å². The molecule has 0 saturated carbocycles. The van der Waals surface area contributed by atoms with Crippen molar-refractivity contribution in [1.29, 1.82) is 0 Å². The maximum atomic E-state index is 10.6. The molecule has 2 saturated heterocycles. The Hall–Kier alpha value is -3.46. The number of aromatic nitrogens is 2. The largest absolute Gasteiger partial charge is 0.490 e. The Morgan fingerprint density at radius 1 is 1.03 bits per heavy atom. The van der Waals surface area contributed by atoms with Crippen molar-refractivity contribution in [3.63, 3.8) is 0 Å². The summed E-state index contributed by atoms with van der Waals surface area (Å²) in [5.74, 6) is -4.23. The Morgan fingerprint density at radius 3 is 2.16 bits per heavy atom.